The fraction of sp³-hybridized carbons (Fsp3) is 0.562. The second-order valence-electron chi connectivity index (χ2n) is 6.19. The van der Waals surface area contributed by atoms with Gasteiger partial charge in [0.15, 0.2) is 0 Å². The Labute approximate surface area is 121 Å². The predicted octanol–water partition coefficient (Wildman–Crippen LogP) is 3.04. The van der Waals surface area contributed by atoms with Crippen LogP contribution in [0.5, 0.6) is 0 Å². The van der Waals surface area contributed by atoms with Crippen LogP contribution < -0.4 is 10.2 Å². The van der Waals surface area contributed by atoms with Crippen molar-refractivity contribution < 1.29 is 9.53 Å². The summed E-state index contributed by atoms with van der Waals surface area (Å²) in [6.07, 6.45) is 2.49. The fourth-order valence-corrected chi connectivity index (χ4v) is 2.23. The van der Waals surface area contributed by atoms with Crippen LogP contribution in [0.15, 0.2) is 24.3 Å². The predicted molar refractivity (Wildman–Crippen MR) is 82.2 cm³/mol. The lowest BCUT2D eigenvalue weighted by Crippen LogP contribution is -2.27. The first-order valence-corrected chi connectivity index (χ1v) is 7.23. The molecule has 0 atom stereocenters. The van der Waals surface area contributed by atoms with Crippen LogP contribution in [-0.2, 0) is 9.53 Å². The van der Waals surface area contributed by atoms with Crippen molar-refractivity contribution in [2.45, 2.75) is 39.2 Å². The maximum Gasteiger partial charge on any atom is 0.250 e. The van der Waals surface area contributed by atoms with Crippen molar-refractivity contribution in [3.63, 3.8) is 0 Å². The summed E-state index contributed by atoms with van der Waals surface area (Å²) < 4.78 is 5.47. The normalized spacial score (nSPS) is 15.4. The maximum atomic E-state index is 11.8. The number of ether oxygens (including phenoxy) is 1. The molecule has 0 aliphatic carbocycles. The van der Waals surface area contributed by atoms with Crippen LogP contribution in [0.3, 0.4) is 0 Å². The molecule has 1 N–H and O–H groups in total. The van der Waals surface area contributed by atoms with E-state index < -0.39 is 0 Å². The summed E-state index contributed by atoms with van der Waals surface area (Å²) in [4.78, 5) is 14.2. The number of rotatable bonds is 4. The number of nitrogens with one attached hydrogen (secondary N) is 1. The average Bonchev–Trinajstić information content (AvgIpc) is 2.90. The van der Waals surface area contributed by atoms with E-state index in [1.54, 1.807) is 0 Å². The zero-order valence-electron chi connectivity index (χ0n) is 12.6. The summed E-state index contributed by atoms with van der Waals surface area (Å²) in [6.45, 7) is 8.10. The van der Waals surface area contributed by atoms with Gasteiger partial charge < -0.3 is 15.0 Å². The van der Waals surface area contributed by atoms with Gasteiger partial charge in [-0.05, 0) is 51.8 Å². The largest absolute Gasteiger partial charge is 0.371 e. The second kappa shape index (κ2) is 6.27. The molecule has 1 heterocycles. The number of carbonyl (C=O) groups is 1. The van der Waals surface area contributed by atoms with Crippen molar-refractivity contribution >= 4 is 17.3 Å². The molecule has 4 nitrogen and oxygen atoms in total. The topological polar surface area (TPSA) is 41.6 Å². The van der Waals surface area contributed by atoms with Gasteiger partial charge in [0.25, 0.3) is 0 Å². The molecule has 0 unspecified atom stereocenters. The van der Waals surface area contributed by atoms with Crippen LogP contribution >= 0.6 is 0 Å². The van der Waals surface area contributed by atoms with Crippen LogP contribution in [0.25, 0.3) is 0 Å². The highest BCUT2D eigenvalue weighted by Gasteiger charge is 2.14. The Morgan fingerprint density at radius 3 is 2.65 bits per heavy atom. The zero-order valence-corrected chi connectivity index (χ0v) is 12.6. The number of amides is 1. The number of hydrogen-bond donors (Lipinski definition) is 1. The summed E-state index contributed by atoms with van der Waals surface area (Å²) >= 11 is 0. The third-order valence-electron chi connectivity index (χ3n) is 3.24. The molecule has 1 fully saturated rings. The molecule has 20 heavy (non-hydrogen) atoms. The number of benzene rings is 1. The molecule has 1 aliphatic rings. The van der Waals surface area contributed by atoms with Gasteiger partial charge in [-0.2, -0.15) is 0 Å². The summed E-state index contributed by atoms with van der Waals surface area (Å²) in [5, 5.41) is 2.89. The standard InChI is InChI=1S/C16H24N2O2/c1-16(2,3)20-12-15(19)17-13-7-6-8-14(11-13)18-9-4-5-10-18/h6-8,11H,4-5,9-10,12H2,1-3H3,(H,17,19). The summed E-state index contributed by atoms with van der Waals surface area (Å²) in [6, 6.07) is 8.01. The van der Waals surface area contributed by atoms with Crippen molar-refractivity contribution in [2.24, 2.45) is 0 Å². The smallest absolute Gasteiger partial charge is 0.250 e. The Bertz CT molecular complexity index is 460. The Kier molecular flexibility index (Phi) is 4.65. The van der Waals surface area contributed by atoms with Crippen molar-refractivity contribution in [3.8, 4) is 0 Å². The van der Waals surface area contributed by atoms with Gasteiger partial charge in [-0.3, -0.25) is 4.79 Å². The molecule has 110 valence electrons. The minimum atomic E-state index is -0.297. The van der Waals surface area contributed by atoms with Crippen LogP contribution in [0.4, 0.5) is 11.4 Å². The van der Waals surface area contributed by atoms with Gasteiger partial charge in [-0.15, -0.1) is 0 Å². The van der Waals surface area contributed by atoms with Crippen LogP contribution in [0.1, 0.15) is 33.6 Å². The molecule has 0 spiro atoms. The minimum Gasteiger partial charge on any atom is -0.371 e. The lowest BCUT2D eigenvalue weighted by atomic mass is 10.2. The average molecular weight is 276 g/mol. The number of anilines is 2. The van der Waals surface area contributed by atoms with Gasteiger partial charge in [-0.1, -0.05) is 6.07 Å². The second-order valence-corrected chi connectivity index (χ2v) is 6.19. The molecule has 1 aliphatic heterocycles. The highest BCUT2D eigenvalue weighted by molar-refractivity contribution is 5.92. The Morgan fingerprint density at radius 2 is 2.00 bits per heavy atom. The molecule has 0 radical (unpaired) electrons. The van der Waals surface area contributed by atoms with Gasteiger partial charge in [0.05, 0.1) is 5.60 Å². The number of nitrogens with zero attached hydrogens (tertiary/aromatic N) is 1. The first-order chi connectivity index (χ1) is 9.44. The molecular formula is C16H24N2O2. The number of hydrogen-bond acceptors (Lipinski definition) is 3. The van der Waals surface area contributed by atoms with Crippen LogP contribution in [0.2, 0.25) is 0 Å². The van der Waals surface area contributed by atoms with E-state index in [1.807, 2.05) is 39.0 Å². The third kappa shape index (κ3) is 4.53. The van der Waals surface area contributed by atoms with Gasteiger partial charge >= 0.3 is 0 Å². The first-order valence-electron chi connectivity index (χ1n) is 7.23. The maximum absolute atomic E-state index is 11.8. The molecule has 2 rings (SSSR count). The Hall–Kier alpha value is -1.55. The minimum absolute atomic E-state index is 0.0808. The fourth-order valence-electron chi connectivity index (χ4n) is 2.23. The van der Waals surface area contributed by atoms with Crippen molar-refractivity contribution in [1.82, 2.24) is 0 Å². The molecule has 1 aromatic carbocycles. The van der Waals surface area contributed by atoms with Gasteiger partial charge in [-0.25, -0.2) is 0 Å². The van der Waals surface area contributed by atoms with Crippen molar-refractivity contribution in [3.05, 3.63) is 24.3 Å². The van der Waals surface area contributed by atoms with Gasteiger partial charge in [0.1, 0.15) is 6.61 Å². The lowest BCUT2D eigenvalue weighted by molar-refractivity contribution is -0.125. The van der Waals surface area contributed by atoms with E-state index in [2.05, 4.69) is 16.3 Å². The highest BCUT2D eigenvalue weighted by atomic mass is 16.5. The molecule has 0 saturated carbocycles. The van der Waals surface area contributed by atoms with E-state index in [0.717, 1.165) is 18.8 Å². The molecular weight excluding hydrogens is 252 g/mol. The lowest BCUT2D eigenvalue weighted by Gasteiger charge is -2.20. The monoisotopic (exact) mass is 276 g/mol. The first kappa shape index (κ1) is 14.9. The highest BCUT2D eigenvalue weighted by Crippen LogP contribution is 2.23. The number of carbonyl (C=O) groups excluding carboxylic acids is 1. The zero-order chi connectivity index (χ0) is 14.6. The van der Waals surface area contributed by atoms with Gasteiger partial charge in [0.2, 0.25) is 5.91 Å². The van der Waals surface area contributed by atoms with Crippen LogP contribution in [0, 0.1) is 0 Å². The molecule has 1 amide bonds. The van der Waals surface area contributed by atoms with Gasteiger partial charge in [0, 0.05) is 24.5 Å². The Balaban J connectivity index is 1.92. The van der Waals surface area contributed by atoms with Crippen LogP contribution in [-0.4, -0.2) is 31.2 Å². The molecule has 0 aromatic heterocycles. The molecule has 1 saturated heterocycles. The van der Waals surface area contributed by atoms with Crippen molar-refractivity contribution in [2.75, 3.05) is 29.9 Å². The summed E-state index contributed by atoms with van der Waals surface area (Å²) in [5.41, 5.74) is 1.71. The Morgan fingerprint density at radius 1 is 1.30 bits per heavy atom. The van der Waals surface area contributed by atoms with E-state index in [4.69, 9.17) is 4.74 Å². The van der Waals surface area contributed by atoms with E-state index in [0.29, 0.717) is 0 Å². The molecule has 1 aromatic rings. The molecule has 4 heteroatoms. The van der Waals surface area contributed by atoms with E-state index in [-0.39, 0.29) is 18.1 Å². The van der Waals surface area contributed by atoms with E-state index in [1.165, 1.54) is 18.5 Å². The summed E-state index contributed by atoms with van der Waals surface area (Å²) in [7, 11) is 0. The SMILES string of the molecule is CC(C)(C)OCC(=O)Nc1cccc(N2CCCC2)c1. The molecule has 0 bridgehead atoms. The van der Waals surface area contributed by atoms with E-state index in [9.17, 15) is 4.79 Å². The third-order valence-corrected chi connectivity index (χ3v) is 3.24. The quantitative estimate of drug-likeness (QED) is 0.919. The van der Waals surface area contributed by atoms with E-state index >= 15 is 0 Å². The van der Waals surface area contributed by atoms with Crippen molar-refractivity contribution in [1.29, 1.82) is 0 Å². The summed E-state index contributed by atoms with van der Waals surface area (Å²) in [5.74, 6) is -0.113.